The van der Waals surface area contributed by atoms with Gasteiger partial charge in [-0.3, -0.25) is 14.3 Å². The van der Waals surface area contributed by atoms with Gasteiger partial charge >= 0.3 is 5.97 Å². The second-order valence-corrected chi connectivity index (χ2v) is 6.09. The van der Waals surface area contributed by atoms with E-state index in [0.29, 0.717) is 17.3 Å². The normalized spacial score (nSPS) is 20.7. The highest BCUT2D eigenvalue weighted by molar-refractivity contribution is 6.30. The van der Waals surface area contributed by atoms with E-state index in [1.54, 1.807) is 36.3 Å². The van der Waals surface area contributed by atoms with Crippen LogP contribution in [0.1, 0.15) is 22.0 Å². The number of rotatable bonds is 3. The van der Waals surface area contributed by atoms with E-state index in [1.165, 1.54) is 4.68 Å². The van der Waals surface area contributed by atoms with E-state index >= 15 is 0 Å². The van der Waals surface area contributed by atoms with Gasteiger partial charge in [-0.2, -0.15) is 5.10 Å². The molecule has 0 spiro atoms. The Labute approximate surface area is 138 Å². The van der Waals surface area contributed by atoms with Crippen molar-refractivity contribution in [1.29, 1.82) is 0 Å². The second kappa shape index (κ2) is 6.04. The van der Waals surface area contributed by atoms with Crippen LogP contribution in [-0.2, 0) is 11.8 Å². The molecule has 23 heavy (non-hydrogen) atoms. The summed E-state index contributed by atoms with van der Waals surface area (Å²) in [5.74, 6) is -1.98. The molecule has 2 heterocycles. The Bertz CT molecular complexity index is 741. The smallest absolute Gasteiger partial charge is 0.308 e. The first-order valence-electron chi connectivity index (χ1n) is 7.23. The highest BCUT2D eigenvalue weighted by atomic mass is 35.5. The number of aryl methyl sites for hydroxylation is 1. The number of hydrogen-bond donors (Lipinski definition) is 1. The summed E-state index contributed by atoms with van der Waals surface area (Å²) in [5, 5.41) is 14.1. The summed E-state index contributed by atoms with van der Waals surface area (Å²) in [7, 11) is 1.69. The third kappa shape index (κ3) is 2.94. The van der Waals surface area contributed by atoms with E-state index in [9.17, 15) is 14.7 Å². The van der Waals surface area contributed by atoms with Gasteiger partial charge in [0.2, 0.25) is 0 Å². The molecule has 1 fully saturated rings. The van der Waals surface area contributed by atoms with Crippen molar-refractivity contribution in [3.63, 3.8) is 0 Å². The Morgan fingerprint density at radius 3 is 2.48 bits per heavy atom. The monoisotopic (exact) mass is 333 g/mol. The van der Waals surface area contributed by atoms with Crippen LogP contribution in [0, 0.1) is 5.92 Å². The van der Waals surface area contributed by atoms with E-state index in [0.717, 1.165) is 5.56 Å². The van der Waals surface area contributed by atoms with E-state index in [2.05, 4.69) is 5.10 Å². The average Bonchev–Trinajstić information content (AvgIpc) is 3.14. The van der Waals surface area contributed by atoms with Crippen LogP contribution in [0.25, 0.3) is 0 Å². The number of carboxylic acids is 1. The van der Waals surface area contributed by atoms with Gasteiger partial charge in [0.1, 0.15) is 5.69 Å². The average molecular weight is 334 g/mol. The summed E-state index contributed by atoms with van der Waals surface area (Å²) in [6, 6.07) is 8.75. The van der Waals surface area contributed by atoms with Crippen molar-refractivity contribution in [2.45, 2.75) is 5.92 Å². The third-order valence-electron chi connectivity index (χ3n) is 4.26. The van der Waals surface area contributed by atoms with Crippen LogP contribution in [0.5, 0.6) is 0 Å². The highest BCUT2D eigenvalue weighted by Crippen LogP contribution is 2.34. The van der Waals surface area contributed by atoms with Crippen molar-refractivity contribution in [1.82, 2.24) is 14.7 Å². The lowest BCUT2D eigenvalue weighted by Gasteiger charge is -2.16. The van der Waals surface area contributed by atoms with Crippen LogP contribution in [0.4, 0.5) is 0 Å². The van der Waals surface area contributed by atoms with E-state index in [4.69, 9.17) is 11.6 Å². The van der Waals surface area contributed by atoms with Gasteiger partial charge in [0.05, 0.1) is 5.92 Å². The predicted molar refractivity (Wildman–Crippen MR) is 84.4 cm³/mol. The second-order valence-electron chi connectivity index (χ2n) is 5.65. The molecule has 1 aromatic carbocycles. The number of benzene rings is 1. The van der Waals surface area contributed by atoms with Crippen molar-refractivity contribution < 1.29 is 14.7 Å². The van der Waals surface area contributed by atoms with Gasteiger partial charge in [-0.15, -0.1) is 0 Å². The number of carbonyl (C=O) groups is 2. The molecule has 0 radical (unpaired) electrons. The summed E-state index contributed by atoms with van der Waals surface area (Å²) in [4.78, 5) is 25.7. The fraction of sp³-hybridized carbons (Fsp3) is 0.312. The van der Waals surface area contributed by atoms with Gasteiger partial charge < -0.3 is 10.0 Å². The number of carboxylic acid groups (broad SMARTS) is 1. The Morgan fingerprint density at radius 2 is 1.91 bits per heavy atom. The number of aromatic nitrogens is 2. The molecule has 0 saturated carbocycles. The van der Waals surface area contributed by atoms with Crippen LogP contribution in [0.15, 0.2) is 36.5 Å². The fourth-order valence-electron chi connectivity index (χ4n) is 3.01. The number of halogens is 1. The number of amides is 1. The summed E-state index contributed by atoms with van der Waals surface area (Å²) < 4.78 is 1.49. The lowest BCUT2D eigenvalue weighted by Crippen LogP contribution is -2.31. The van der Waals surface area contributed by atoms with Crippen molar-refractivity contribution in [2.24, 2.45) is 13.0 Å². The zero-order valence-electron chi connectivity index (χ0n) is 12.5. The first-order valence-corrected chi connectivity index (χ1v) is 7.60. The molecule has 2 atom stereocenters. The molecule has 0 aliphatic carbocycles. The largest absolute Gasteiger partial charge is 0.481 e. The Morgan fingerprint density at radius 1 is 1.22 bits per heavy atom. The number of aliphatic carboxylic acids is 1. The van der Waals surface area contributed by atoms with Gasteiger partial charge in [0, 0.05) is 37.3 Å². The number of carbonyl (C=O) groups excluding carboxylic acids is 1. The molecule has 3 rings (SSSR count). The minimum atomic E-state index is -0.898. The van der Waals surface area contributed by atoms with Gasteiger partial charge in [0.15, 0.2) is 0 Å². The standard InChI is InChI=1S/C16H16ClN3O3/c1-19-14(6-7-18-19)15(21)20-8-12(13(9-20)16(22)23)10-2-4-11(17)5-3-10/h2-7,12-13H,8-9H2,1H3,(H,22,23)/t12-,13+/m0/s1. The molecule has 0 unspecified atom stereocenters. The van der Waals surface area contributed by atoms with E-state index in [-0.39, 0.29) is 18.4 Å². The quantitative estimate of drug-likeness (QED) is 0.932. The molecule has 120 valence electrons. The summed E-state index contributed by atoms with van der Waals surface area (Å²) in [5.41, 5.74) is 1.33. The predicted octanol–water partition coefficient (Wildman–Crippen LogP) is 2.01. The maximum absolute atomic E-state index is 12.6. The molecule has 1 amide bonds. The molecule has 1 aliphatic heterocycles. The zero-order chi connectivity index (χ0) is 16.6. The van der Waals surface area contributed by atoms with Crippen LogP contribution in [0.2, 0.25) is 5.02 Å². The maximum atomic E-state index is 12.6. The Kier molecular flexibility index (Phi) is 4.09. The molecule has 7 heteroatoms. The van der Waals surface area contributed by atoms with Crippen LogP contribution in [0.3, 0.4) is 0 Å². The van der Waals surface area contributed by atoms with E-state index in [1.807, 2.05) is 12.1 Å². The van der Waals surface area contributed by atoms with Crippen molar-refractivity contribution >= 4 is 23.5 Å². The first kappa shape index (κ1) is 15.6. The molecule has 1 aliphatic rings. The SMILES string of the molecule is Cn1nccc1C(=O)N1C[C@@H](C(=O)O)[C@H](c2ccc(Cl)cc2)C1. The Balaban J connectivity index is 1.86. The highest BCUT2D eigenvalue weighted by Gasteiger charge is 2.41. The molecule has 6 nitrogen and oxygen atoms in total. The maximum Gasteiger partial charge on any atom is 0.308 e. The van der Waals surface area contributed by atoms with Crippen molar-refractivity contribution in [3.8, 4) is 0 Å². The van der Waals surface area contributed by atoms with Crippen molar-refractivity contribution in [3.05, 3.63) is 52.8 Å². The summed E-state index contributed by atoms with van der Waals surface area (Å²) >= 11 is 5.89. The molecular formula is C16H16ClN3O3. The topological polar surface area (TPSA) is 75.4 Å². The molecule has 1 aromatic heterocycles. The van der Waals surface area contributed by atoms with Crippen LogP contribution < -0.4 is 0 Å². The van der Waals surface area contributed by atoms with Gasteiger partial charge in [0.25, 0.3) is 5.91 Å². The van der Waals surface area contributed by atoms with Crippen LogP contribution >= 0.6 is 11.6 Å². The minimum absolute atomic E-state index is 0.187. The molecule has 0 bridgehead atoms. The third-order valence-corrected chi connectivity index (χ3v) is 4.51. The number of hydrogen-bond acceptors (Lipinski definition) is 3. The lowest BCUT2D eigenvalue weighted by atomic mass is 9.89. The molecule has 2 aromatic rings. The Hall–Kier alpha value is -2.34. The van der Waals surface area contributed by atoms with Gasteiger partial charge in [-0.05, 0) is 23.8 Å². The summed E-state index contributed by atoms with van der Waals surface area (Å²) in [6.45, 7) is 0.551. The lowest BCUT2D eigenvalue weighted by molar-refractivity contribution is -0.141. The van der Waals surface area contributed by atoms with Gasteiger partial charge in [-0.25, -0.2) is 0 Å². The van der Waals surface area contributed by atoms with E-state index < -0.39 is 11.9 Å². The fourth-order valence-corrected chi connectivity index (χ4v) is 3.14. The van der Waals surface area contributed by atoms with Gasteiger partial charge in [-0.1, -0.05) is 23.7 Å². The molecule has 1 N–H and O–H groups in total. The number of nitrogens with zero attached hydrogens (tertiary/aromatic N) is 3. The van der Waals surface area contributed by atoms with Crippen molar-refractivity contribution in [2.75, 3.05) is 13.1 Å². The number of likely N-dealkylation sites (tertiary alicyclic amines) is 1. The first-order chi connectivity index (χ1) is 11.0. The van der Waals surface area contributed by atoms with Crippen LogP contribution in [-0.4, -0.2) is 44.8 Å². The zero-order valence-corrected chi connectivity index (χ0v) is 13.3. The summed E-state index contributed by atoms with van der Waals surface area (Å²) in [6.07, 6.45) is 1.55. The molecule has 1 saturated heterocycles. The molecular weight excluding hydrogens is 318 g/mol. The minimum Gasteiger partial charge on any atom is -0.481 e.